The third-order valence-corrected chi connectivity index (χ3v) is 12.1. The Balaban J connectivity index is 1.14. The first-order valence-corrected chi connectivity index (χ1v) is 18.8. The Morgan fingerprint density at radius 2 is 0.774 bits per heavy atom. The molecule has 0 atom stereocenters. The maximum Gasteiger partial charge on any atom is 0.0468 e. The van der Waals surface area contributed by atoms with Crippen molar-refractivity contribution in [2.24, 2.45) is 0 Å². The maximum absolute atomic E-state index is 2.46. The van der Waals surface area contributed by atoms with Crippen molar-refractivity contribution in [3.05, 3.63) is 198 Å². The lowest BCUT2D eigenvalue weighted by Crippen LogP contribution is -2.17. The molecule has 2 aliphatic carbocycles. The Morgan fingerprint density at radius 3 is 1.49 bits per heavy atom. The summed E-state index contributed by atoms with van der Waals surface area (Å²) in [7, 11) is 0. The molecule has 0 spiro atoms. The average Bonchev–Trinajstić information content (AvgIpc) is 3.56. The standard InChI is InChI=1S/C52H41N/c1-51(2)47-21-13-12-20-43(47)44-28-26-40(33-50(44)51)53(38-24-22-35(23-25-38)42-19-11-10-18-41(42)34-14-6-5-7-15-34)39-27-29-48-46(32-39)45-30-36-16-8-9-17-37(36)31-49(45)52(48,3)4/h5-33H,1-4H3. The van der Waals surface area contributed by atoms with E-state index in [-0.39, 0.29) is 10.8 Å². The van der Waals surface area contributed by atoms with E-state index in [1.165, 1.54) is 77.5 Å². The summed E-state index contributed by atoms with van der Waals surface area (Å²) in [6.07, 6.45) is 0. The average molecular weight is 680 g/mol. The Morgan fingerprint density at radius 1 is 0.302 bits per heavy atom. The molecule has 0 amide bonds. The SMILES string of the molecule is CC1(C)c2ccccc2-c2ccc(N(c3ccc(-c4ccccc4-c4ccccc4)cc3)c3ccc4c(c3)-c3cc5ccccc5cc3C4(C)C)cc21. The number of benzene rings is 8. The molecule has 8 aromatic carbocycles. The van der Waals surface area contributed by atoms with E-state index in [0.717, 1.165) is 17.1 Å². The molecule has 1 heteroatoms. The van der Waals surface area contributed by atoms with Crippen LogP contribution in [0, 0.1) is 0 Å². The van der Waals surface area contributed by atoms with Crippen LogP contribution in [-0.2, 0) is 10.8 Å². The monoisotopic (exact) mass is 679 g/mol. The van der Waals surface area contributed by atoms with Gasteiger partial charge in [-0.2, -0.15) is 0 Å². The minimum atomic E-state index is -0.0967. The van der Waals surface area contributed by atoms with Crippen molar-refractivity contribution in [2.75, 3.05) is 4.90 Å². The van der Waals surface area contributed by atoms with Crippen LogP contribution in [0.3, 0.4) is 0 Å². The lowest BCUT2D eigenvalue weighted by atomic mass is 9.82. The molecule has 1 nitrogen and oxygen atoms in total. The summed E-state index contributed by atoms with van der Waals surface area (Å²) in [4.78, 5) is 2.46. The second-order valence-corrected chi connectivity index (χ2v) is 15.8. The van der Waals surface area contributed by atoms with Crippen LogP contribution < -0.4 is 4.90 Å². The van der Waals surface area contributed by atoms with Crippen molar-refractivity contribution in [3.63, 3.8) is 0 Å². The highest BCUT2D eigenvalue weighted by Gasteiger charge is 2.38. The van der Waals surface area contributed by atoms with E-state index < -0.39 is 0 Å². The molecule has 0 radical (unpaired) electrons. The topological polar surface area (TPSA) is 3.24 Å². The molecule has 8 aromatic rings. The lowest BCUT2D eigenvalue weighted by molar-refractivity contribution is 0.660. The van der Waals surface area contributed by atoms with Crippen LogP contribution >= 0.6 is 0 Å². The molecule has 0 unspecified atom stereocenters. The molecule has 0 fully saturated rings. The van der Waals surface area contributed by atoms with Gasteiger partial charge in [-0.25, -0.2) is 0 Å². The highest BCUT2D eigenvalue weighted by atomic mass is 15.1. The fourth-order valence-corrected chi connectivity index (χ4v) is 9.24. The van der Waals surface area contributed by atoms with Gasteiger partial charge in [0.1, 0.15) is 0 Å². The van der Waals surface area contributed by atoms with E-state index in [0.29, 0.717) is 0 Å². The van der Waals surface area contributed by atoms with Gasteiger partial charge in [0, 0.05) is 27.9 Å². The minimum absolute atomic E-state index is 0.0881. The van der Waals surface area contributed by atoms with Crippen LogP contribution in [0.4, 0.5) is 17.1 Å². The first kappa shape index (κ1) is 31.5. The Labute approximate surface area is 312 Å². The molecule has 0 N–H and O–H groups in total. The summed E-state index contributed by atoms with van der Waals surface area (Å²) in [5.41, 5.74) is 19.0. The first-order valence-electron chi connectivity index (χ1n) is 18.8. The zero-order chi connectivity index (χ0) is 35.9. The highest BCUT2D eigenvalue weighted by molar-refractivity contribution is 5.95. The second-order valence-electron chi connectivity index (χ2n) is 15.8. The third kappa shape index (κ3) is 4.84. The fraction of sp³-hybridized carbons (Fsp3) is 0.115. The van der Waals surface area contributed by atoms with Gasteiger partial charge in [-0.1, -0.05) is 155 Å². The molecule has 0 saturated heterocycles. The molecule has 0 aromatic heterocycles. The molecular weight excluding hydrogens is 639 g/mol. The third-order valence-electron chi connectivity index (χ3n) is 12.1. The van der Waals surface area contributed by atoms with Gasteiger partial charge in [0.2, 0.25) is 0 Å². The van der Waals surface area contributed by atoms with Gasteiger partial charge in [0.05, 0.1) is 0 Å². The summed E-state index contributed by atoms with van der Waals surface area (Å²) in [5, 5.41) is 2.58. The van der Waals surface area contributed by atoms with Crippen molar-refractivity contribution in [3.8, 4) is 44.5 Å². The predicted molar refractivity (Wildman–Crippen MR) is 225 cm³/mol. The molecule has 2 aliphatic rings. The quantitative estimate of drug-likeness (QED) is 0.175. The summed E-state index contributed by atoms with van der Waals surface area (Å²) >= 11 is 0. The number of hydrogen-bond acceptors (Lipinski definition) is 1. The molecular formula is C52H41N. The van der Waals surface area contributed by atoms with Gasteiger partial charge >= 0.3 is 0 Å². The maximum atomic E-state index is 2.46. The van der Waals surface area contributed by atoms with Gasteiger partial charge in [0.15, 0.2) is 0 Å². The number of nitrogens with zero attached hydrogens (tertiary/aromatic N) is 1. The van der Waals surface area contributed by atoms with Gasteiger partial charge in [-0.3, -0.25) is 0 Å². The molecule has 0 heterocycles. The molecule has 0 aliphatic heterocycles. The van der Waals surface area contributed by atoms with E-state index in [9.17, 15) is 0 Å². The van der Waals surface area contributed by atoms with E-state index in [2.05, 4.69) is 209 Å². The molecule has 53 heavy (non-hydrogen) atoms. The van der Waals surface area contributed by atoms with Crippen LogP contribution in [-0.4, -0.2) is 0 Å². The van der Waals surface area contributed by atoms with Crippen molar-refractivity contribution < 1.29 is 0 Å². The Bertz CT molecular complexity index is 2710. The van der Waals surface area contributed by atoms with Gasteiger partial charge < -0.3 is 4.90 Å². The predicted octanol–water partition coefficient (Wildman–Crippen LogP) is 14.3. The molecule has 0 bridgehead atoms. The molecule has 10 rings (SSSR count). The molecule has 0 saturated carbocycles. The summed E-state index contributed by atoms with van der Waals surface area (Å²) in [6, 6.07) is 65.3. The summed E-state index contributed by atoms with van der Waals surface area (Å²) in [6.45, 7) is 9.47. The summed E-state index contributed by atoms with van der Waals surface area (Å²) < 4.78 is 0. The van der Waals surface area contributed by atoms with E-state index in [1.54, 1.807) is 0 Å². The van der Waals surface area contributed by atoms with Gasteiger partial charge in [0.25, 0.3) is 0 Å². The van der Waals surface area contributed by atoms with Crippen LogP contribution in [0.15, 0.2) is 176 Å². The van der Waals surface area contributed by atoms with Crippen LogP contribution in [0.1, 0.15) is 49.9 Å². The van der Waals surface area contributed by atoms with Gasteiger partial charge in [-0.05, 0) is 126 Å². The number of anilines is 3. The second kappa shape index (κ2) is 11.7. The fourth-order valence-electron chi connectivity index (χ4n) is 9.24. The van der Waals surface area contributed by atoms with E-state index >= 15 is 0 Å². The normalized spacial score (nSPS) is 14.3. The Kier molecular flexibility index (Phi) is 6.94. The van der Waals surface area contributed by atoms with E-state index in [1.807, 2.05) is 0 Å². The first-order chi connectivity index (χ1) is 25.8. The van der Waals surface area contributed by atoms with Crippen molar-refractivity contribution in [2.45, 2.75) is 38.5 Å². The number of hydrogen-bond donors (Lipinski definition) is 0. The van der Waals surface area contributed by atoms with Crippen molar-refractivity contribution in [1.82, 2.24) is 0 Å². The smallest absolute Gasteiger partial charge is 0.0468 e. The van der Waals surface area contributed by atoms with Crippen molar-refractivity contribution >= 4 is 27.8 Å². The highest BCUT2D eigenvalue weighted by Crippen LogP contribution is 2.53. The lowest BCUT2D eigenvalue weighted by Gasteiger charge is -2.29. The minimum Gasteiger partial charge on any atom is -0.310 e. The van der Waals surface area contributed by atoms with Crippen LogP contribution in [0.2, 0.25) is 0 Å². The summed E-state index contributed by atoms with van der Waals surface area (Å²) in [5.74, 6) is 0. The van der Waals surface area contributed by atoms with E-state index in [4.69, 9.17) is 0 Å². The van der Waals surface area contributed by atoms with Crippen molar-refractivity contribution in [1.29, 1.82) is 0 Å². The zero-order valence-electron chi connectivity index (χ0n) is 30.7. The largest absolute Gasteiger partial charge is 0.310 e. The number of rotatable bonds is 5. The number of fused-ring (bicyclic) bond motifs is 7. The molecule has 254 valence electrons. The van der Waals surface area contributed by atoms with Crippen LogP contribution in [0.5, 0.6) is 0 Å². The van der Waals surface area contributed by atoms with Gasteiger partial charge in [-0.15, -0.1) is 0 Å². The zero-order valence-corrected chi connectivity index (χ0v) is 30.7. The van der Waals surface area contributed by atoms with Crippen LogP contribution in [0.25, 0.3) is 55.3 Å². The Hall–Kier alpha value is -6.18.